The van der Waals surface area contributed by atoms with E-state index in [2.05, 4.69) is 27.3 Å². The van der Waals surface area contributed by atoms with Gasteiger partial charge < -0.3 is 14.2 Å². The number of hydrogen-bond acceptors (Lipinski definition) is 6. The smallest absolute Gasteiger partial charge is 0.157 e. The predicted octanol–water partition coefficient (Wildman–Crippen LogP) is 2.87. The Morgan fingerprint density at radius 3 is 2.61 bits per heavy atom. The van der Waals surface area contributed by atoms with Crippen LogP contribution in [0.4, 0.5) is 0 Å². The van der Waals surface area contributed by atoms with Crippen molar-refractivity contribution in [2.75, 3.05) is 27.4 Å². The van der Waals surface area contributed by atoms with Gasteiger partial charge in [-0.1, -0.05) is 29.5 Å². The first-order valence-corrected chi connectivity index (χ1v) is 9.27. The maximum Gasteiger partial charge on any atom is 0.157 e. The van der Waals surface area contributed by atoms with Crippen LogP contribution in [0.15, 0.2) is 54.7 Å². The van der Waals surface area contributed by atoms with Crippen LogP contribution in [0.5, 0.6) is 11.5 Å². The molecule has 3 aromatic rings. The van der Waals surface area contributed by atoms with Gasteiger partial charge in [0.15, 0.2) is 6.23 Å². The standard InChI is InChI=1S/C21H24N4O3/c1-26-18-8-6-16(7-9-18)13-24-10-11-28-21(24)20-15-25(23-22-20)14-17-4-3-5-19(12-17)27-2/h3-9,12,15,21H,10-11,13-14H2,1-2H3/t21-/m1/s1. The summed E-state index contributed by atoms with van der Waals surface area (Å²) in [6.07, 6.45) is 1.78. The van der Waals surface area contributed by atoms with E-state index >= 15 is 0 Å². The average Bonchev–Trinajstić information content (AvgIpc) is 3.38. The first kappa shape index (κ1) is 18.5. The van der Waals surface area contributed by atoms with E-state index in [4.69, 9.17) is 14.2 Å². The van der Waals surface area contributed by atoms with Gasteiger partial charge >= 0.3 is 0 Å². The number of ether oxygens (including phenoxy) is 3. The van der Waals surface area contributed by atoms with Crippen LogP contribution in [0.2, 0.25) is 0 Å². The van der Waals surface area contributed by atoms with Crippen molar-refractivity contribution < 1.29 is 14.2 Å². The lowest BCUT2D eigenvalue weighted by Crippen LogP contribution is -2.23. The molecule has 1 aliphatic rings. The highest BCUT2D eigenvalue weighted by Crippen LogP contribution is 2.27. The fourth-order valence-corrected chi connectivity index (χ4v) is 3.37. The number of aromatic nitrogens is 3. The van der Waals surface area contributed by atoms with Crippen LogP contribution in [0.3, 0.4) is 0 Å². The molecule has 0 amide bonds. The van der Waals surface area contributed by atoms with Crippen molar-refractivity contribution in [3.8, 4) is 11.5 Å². The fraction of sp³-hybridized carbons (Fsp3) is 0.333. The van der Waals surface area contributed by atoms with E-state index in [9.17, 15) is 0 Å². The lowest BCUT2D eigenvalue weighted by molar-refractivity contribution is 0.0252. The van der Waals surface area contributed by atoms with Crippen LogP contribution in [0.25, 0.3) is 0 Å². The quantitative estimate of drug-likeness (QED) is 0.628. The third kappa shape index (κ3) is 4.16. The topological polar surface area (TPSA) is 61.6 Å². The predicted molar refractivity (Wildman–Crippen MR) is 104 cm³/mol. The molecule has 7 heteroatoms. The Hall–Kier alpha value is -2.90. The Labute approximate surface area is 164 Å². The normalized spacial score (nSPS) is 17.0. The zero-order valence-electron chi connectivity index (χ0n) is 16.1. The highest BCUT2D eigenvalue weighted by Gasteiger charge is 2.29. The van der Waals surface area contributed by atoms with E-state index in [1.165, 1.54) is 5.56 Å². The minimum Gasteiger partial charge on any atom is -0.497 e. The number of rotatable bonds is 7. The molecule has 0 radical (unpaired) electrons. The van der Waals surface area contributed by atoms with Crippen LogP contribution in [0.1, 0.15) is 23.0 Å². The number of nitrogens with zero attached hydrogens (tertiary/aromatic N) is 4. The molecule has 1 fully saturated rings. The van der Waals surface area contributed by atoms with Gasteiger partial charge in [-0.25, -0.2) is 4.68 Å². The van der Waals surface area contributed by atoms with Gasteiger partial charge in [0.05, 0.1) is 33.6 Å². The Morgan fingerprint density at radius 1 is 1.00 bits per heavy atom. The second kappa shape index (κ2) is 8.41. The first-order valence-electron chi connectivity index (χ1n) is 9.27. The minimum absolute atomic E-state index is 0.179. The van der Waals surface area contributed by atoms with E-state index in [-0.39, 0.29) is 6.23 Å². The summed E-state index contributed by atoms with van der Waals surface area (Å²) in [6, 6.07) is 16.1. The Bertz CT molecular complexity index is 910. The molecule has 1 aliphatic heterocycles. The zero-order valence-corrected chi connectivity index (χ0v) is 16.1. The van der Waals surface area contributed by atoms with E-state index in [1.54, 1.807) is 14.2 Å². The summed E-state index contributed by atoms with van der Waals surface area (Å²) in [7, 11) is 3.34. The lowest BCUT2D eigenvalue weighted by atomic mass is 10.2. The largest absolute Gasteiger partial charge is 0.497 e. The van der Waals surface area contributed by atoms with Gasteiger partial charge in [0.1, 0.15) is 17.2 Å². The molecule has 0 saturated carbocycles. The van der Waals surface area contributed by atoms with Gasteiger partial charge in [-0.3, -0.25) is 4.90 Å². The summed E-state index contributed by atoms with van der Waals surface area (Å²) in [5.74, 6) is 1.70. The van der Waals surface area contributed by atoms with Crippen molar-refractivity contribution in [3.63, 3.8) is 0 Å². The monoisotopic (exact) mass is 380 g/mol. The summed E-state index contributed by atoms with van der Waals surface area (Å²) >= 11 is 0. The van der Waals surface area contributed by atoms with Crippen molar-refractivity contribution in [3.05, 3.63) is 71.5 Å². The van der Waals surface area contributed by atoms with Crippen molar-refractivity contribution in [1.82, 2.24) is 19.9 Å². The molecule has 1 saturated heterocycles. The molecule has 0 spiro atoms. The van der Waals surface area contributed by atoms with E-state index in [1.807, 2.05) is 47.3 Å². The molecule has 2 heterocycles. The Balaban J connectivity index is 1.44. The van der Waals surface area contributed by atoms with Gasteiger partial charge in [0.25, 0.3) is 0 Å². The van der Waals surface area contributed by atoms with Gasteiger partial charge in [-0.15, -0.1) is 5.10 Å². The average molecular weight is 380 g/mol. The highest BCUT2D eigenvalue weighted by atomic mass is 16.5. The molecule has 0 unspecified atom stereocenters. The van der Waals surface area contributed by atoms with Crippen molar-refractivity contribution in [2.24, 2.45) is 0 Å². The highest BCUT2D eigenvalue weighted by molar-refractivity contribution is 5.29. The van der Waals surface area contributed by atoms with E-state index in [0.717, 1.165) is 35.8 Å². The fourth-order valence-electron chi connectivity index (χ4n) is 3.37. The molecule has 0 aliphatic carbocycles. The van der Waals surface area contributed by atoms with E-state index < -0.39 is 0 Å². The number of hydrogen-bond donors (Lipinski definition) is 0. The van der Waals surface area contributed by atoms with Gasteiger partial charge in [0, 0.05) is 13.1 Å². The molecule has 7 nitrogen and oxygen atoms in total. The lowest BCUT2D eigenvalue weighted by Gasteiger charge is -2.21. The third-order valence-corrected chi connectivity index (χ3v) is 4.82. The van der Waals surface area contributed by atoms with Crippen molar-refractivity contribution in [2.45, 2.75) is 19.3 Å². The molecule has 1 atom stereocenters. The molecule has 2 aromatic carbocycles. The molecular formula is C21H24N4O3. The van der Waals surface area contributed by atoms with E-state index in [0.29, 0.717) is 13.2 Å². The summed E-state index contributed by atoms with van der Waals surface area (Å²) in [4.78, 5) is 2.27. The Kier molecular flexibility index (Phi) is 5.55. The maximum atomic E-state index is 5.93. The van der Waals surface area contributed by atoms with Gasteiger partial charge in [0.2, 0.25) is 0 Å². The zero-order chi connectivity index (χ0) is 19.3. The molecule has 28 heavy (non-hydrogen) atoms. The second-order valence-electron chi connectivity index (χ2n) is 6.73. The molecule has 0 N–H and O–H groups in total. The first-order chi connectivity index (χ1) is 13.7. The Morgan fingerprint density at radius 2 is 1.82 bits per heavy atom. The summed E-state index contributed by atoms with van der Waals surface area (Å²) in [6.45, 7) is 2.97. The maximum absolute atomic E-state index is 5.93. The van der Waals surface area contributed by atoms with Gasteiger partial charge in [-0.2, -0.15) is 0 Å². The van der Waals surface area contributed by atoms with Crippen LogP contribution in [0, 0.1) is 0 Å². The van der Waals surface area contributed by atoms with Crippen molar-refractivity contribution in [1.29, 1.82) is 0 Å². The molecule has 146 valence electrons. The minimum atomic E-state index is -0.179. The van der Waals surface area contributed by atoms with Gasteiger partial charge in [-0.05, 0) is 35.4 Å². The van der Waals surface area contributed by atoms with Crippen LogP contribution in [-0.2, 0) is 17.8 Å². The van der Waals surface area contributed by atoms with Crippen LogP contribution < -0.4 is 9.47 Å². The third-order valence-electron chi connectivity index (χ3n) is 4.82. The van der Waals surface area contributed by atoms with Crippen LogP contribution >= 0.6 is 0 Å². The SMILES string of the molecule is COc1ccc(CN2CCO[C@@H]2c2cn(Cc3cccc(OC)c3)nn2)cc1. The molecule has 0 bridgehead atoms. The summed E-state index contributed by atoms with van der Waals surface area (Å²) < 4.78 is 18.3. The molecule has 4 rings (SSSR count). The number of methoxy groups -OCH3 is 2. The summed E-state index contributed by atoms with van der Waals surface area (Å²) in [5, 5.41) is 8.63. The molecule has 1 aromatic heterocycles. The van der Waals surface area contributed by atoms with Crippen molar-refractivity contribution >= 4 is 0 Å². The number of benzene rings is 2. The second-order valence-corrected chi connectivity index (χ2v) is 6.73. The van der Waals surface area contributed by atoms with Crippen LogP contribution in [-0.4, -0.2) is 47.3 Å². The molecular weight excluding hydrogens is 356 g/mol. The summed E-state index contributed by atoms with van der Waals surface area (Å²) in [5.41, 5.74) is 3.15.